The van der Waals surface area contributed by atoms with Crippen LogP contribution in [-0.4, -0.2) is 17.5 Å². The highest BCUT2D eigenvalue weighted by Gasteiger charge is 2.14. The summed E-state index contributed by atoms with van der Waals surface area (Å²) < 4.78 is 16.6. The fourth-order valence-corrected chi connectivity index (χ4v) is 1.49. The Kier molecular flexibility index (Phi) is 4.54. The summed E-state index contributed by atoms with van der Waals surface area (Å²) in [6, 6.07) is 4.52. The van der Waals surface area contributed by atoms with Gasteiger partial charge in [-0.1, -0.05) is 27.5 Å². The Morgan fingerprint density at radius 1 is 1.67 bits per heavy atom. The van der Waals surface area contributed by atoms with E-state index in [4.69, 9.17) is 11.6 Å². The van der Waals surface area contributed by atoms with Gasteiger partial charge in [0.2, 0.25) is 6.86 Å². The van der Waals surface area contributed by atoms with Gasteiger partial charge in [0.1, 0.15) is 5.75 Å². The van der Waals surface area contributed by atoms with Crippen LogP contribution < -0.4 is 4.74 Å². The first-order valence-electron chi connectivity index (χ1n) is 4.23. The molecular formula is C10H9BrClFO2. The van der Waals surface area contributed by atoms with Gasteiger partial charge in [0.25, 0.3) is 0 Å². The number of ether oxygens (including phenoxy) is 1. The number of hydrogen-bond donors (Lipinski definition) is 0. The maximum atomic E-state index is 12.0. The second-order valence-electron chi connectivity index (χ2n) is 2.88. The van der Waals surface area contributed by atoms with Crippen LogP contribution in [-0.2, 0) is 0 Å². The summed E-state index contributed by atoms with van der Waals surface area (Å²) in [5.74, 6) is 0.0774. The molecule has 2 nitrogen and oxygen atoms in total. The highest BCUT2D eigenvalue weighted by Crippen LogP contribution is 2.26. The molecule has 0 aliphatic rings. The second-order valence-corrected chi connectivity index (χ2v) is 4.66. The lowest BCUT2D eigenvalue weighted by Gasteiger charge is -2.07. The van der Waals surface area contributed by atoms with Crippen molar-refractivity contribution in [3.8, 4) is 5.75 Å². The summed E-state index contributed by atoms with van der Waals surface area (Å²) in [6.45, 7) is 0.744. The van der Waals surface area contributed by atoms with Gasteiger partial charge in [0, 0.05) is 5.56 Å². The lowest BCUT2D eigenvalue weighted by atomic mass is 10.1. The second kappa shape index (κ2) is 5.47. The van der Waals surface area contributed by atoms with Crippen LogP contribution in [0.25, 0.3) is 0 Å². The van der Waals surface area contributed by atoms with Crippen molar-refractivity contribution in [2.24, 2.45) is 0 Å². The first kappa shape index (κ1) is 12.5. The van der Waals surface area contributed by atoms with Crippen molar-refractivity contribution in [2.75, 3.05) is 6.86 Å². The molecule has 15 heavy (non-hydrogen) atoms. The fourth-order valence-electron chi connectivity index (χ4n) is 1.06. The smallest absolute Gasteiger partial charge is 0.228 e. The highest BCUT2D eigenvalue weighted by atomic mass is 79.9. The molecule has 1 rings (SSSR count). The zero-order valence-corrected chi connectivity index (χ0v) is 10.3. The molecule has 0 aliphatic carbocycles. The van der Waals surface area contributed by atoms with E-state index in [2.05, 4.69) is 20.7 Å². The third-order valence-corrected chi connectivity index (χ3v) is 2.52. The Hall–Kier alpha value is -0.610. The lowest BCUT2D eigenvalue weighted by Crippen LogP contribution is -2.10. The van der Waals surface area contributed by atoms with E-state index in [0.29, 0.717) is 5.56 Å². The minimum atomic E-state index is -0.971. The Labute approximate surface area is 101 Å². The molecule has 0 heterocycles. The van der Waals surface area contributed by atoms with Gasteiger partial charge in [-0.15, -0.1) is 0 Å². The molecular weight excluding hydrogens is 286 g/mol. The number of alkyl halides is 2. The minimum Gasteiger partial charge on any atom is -0.461 e. The summed E-state index contributed by atoms with van der Waals surface area (Å²) in [4.78, 5) is 11.3. The number of Topliss-reactive ketones (excluding diaryl/α,β-unsaturated/α-hetero) is 1. The molecule has 0 saturated carbocycles. The number of rotatable bonds is 4. The monoisotopic (exact) mass is 294 g/mol. The van der Waals surface area contributed by atoms with Gasteiger partial charge in [0.15, 0.2) is 5.78 Å². The lowest BCUT2D eigenvalue weighted by molar-refractivity contribution is 0.0995. The fraction of sp³-hybridized carbons (Fsp3) is 0.300. The van der Waals surface area contributed by atoms with E-state index in [1.54, 1.807) is 13.0 Å². The standard InChI is InChI=1S/C10H9BrClFO2/c1-6(11)10(14)7-2-3-8(12)9(4-7)15-5-13/h2-4,6H,5H2,1H3. The zero-order valence-electron chi connectivity index (χ0n) is 7.97. The van der Waals surface area contributed by atoms with Crippen molar-refractivity contribution in [2.45, 2.75) is 11.8 Å². The number of carbonyl (C=O) groups excluding carboxylic acids is 1. The molecule has 0 aromatic heterocycles. The number of halogens is 3. The van der Waals surface area contributed by atoms with Crippen LogP contribution in [0.15, 0.2) is 18.2 Å². The average Bonchev–Trinajstić information content (AvgIpc) is 2.20. The first-order chi connectivity index (χ1) is 7.06. The van der Waals surface area contributed by atoms with Crippen molar-refractivity contribution in [1.29, 1.82) is 0 Å². The largest absolute Gasteiger partial charge is 0.461 e. The van der Waals surface area contributed by atoms with Crippen molar-refractivity contribution in [1.82, 2.24) is 0 Å². The Morgan fingerprint density at radius 2 is 2.33 bits per heavy atom. The molecule has 0 aliphatic heterocycles. The third-order valence-electron chi connectivity index (χ3n) is 1.79. The van der Waals surface area contributed by atoms with Crippen LogP contribution in [0.3, 0.4) is 0 Å². The van der Waals surface area contributed by atoms with Crippen LogP contribution in [0.1, 0.15) is 17.3 Å². The molecule has 1 aromatic rings. The summed E-state index contributed by atoms with van der Waals surface area (Å²) >= 11 is 8.91. The SMILES string of the molecule is CC(Br)C(=O)c1ccc(Cl)c(OCF)c1. The van der Waals surface area contributed by atoms with Gasteiger partial charge in [-0.3, -0.25) is 4.79 Å². The predicted molar refractivity (Wildman–Crippen MR) is 60.8 cm³/mol. The van der Waals surface area contributed by atoms with Gasteiger partial charge in [-0.2, -0.15) is 0 Å². The third kappa shape index (κ3) is 3.18. The van der Waals surface area contributed by atoms with Crippen molar-refractivity contribution in [3.05, 3.63) is 28.8 Å². The number of carbonyl (C=O) groups is 1. The summed E-state index contributed by atoms with van der Waals surface area (Å²) in [7, 11) is 0. The quantitative estimate of drug-likeness (QED) is 0.626. The number of benzene rings is 1. The van der Waals surface area contributed by atoms with Crippen LogP contribution in [0.4, 0.5) is 4.39 Å². The van der Waals surface area contributed by atoms with E-state index < -0.39 is 6.86 Å². The van der Waals surface area contributed by atoms with E-state index >= 15 is 0 Å². The van der Waals surface area contributed by atoms with E-state index in [9.17, 15) is 9.18 Å². The molecule has 0 N–H and O–H groups in total. The normalized spacial score (nSPS) is 12.3. The zero-order chi connectivity index (χ0) is 11.4. The van der Waals surface area contributed by atoms with E-state index in [1.165, 1.54) is 12.1 Å². The topological polar surface area (TPSA) is 26.3 Å². The van der Waals surface area contributed by atoms with Crippen LogP contribution in [0.2, 0.25) is 5.02 Å². The highest BCUT2D eigenvalue weighted by molar-refractivity contribution is 9.10. The summed E-state index contributed by atoms with van der Waals surface area (Å²) in [5.41, 5.74) is 0.437. The molecule has 0 saturated heterocycles. The van der Waals surface area contributed by atoms with Gasteiger partial charge in [-0.05, 0) is 25.1 Å². The van der Waals surface area contributed by atoms with Gasteiger partial charge < -0.3 is 4.74 Å². The molecule has 1 unspecified atom stereocenters. The maximum absolute atomic E-state index is 12.0. The molecule has 0 amide bonds. The molecule has 0 fully saturated rings. The molecule has 5 heteroatoms. The van der Waals surface area contributed by atoms with Crippen molar-refractivity contribution < 1.29 is 13.9 Å². The Balaban J connectivity index is 3.01. The minimum absolute atomic E-state index is 0.102. The average molecular weight is 296 g/mol. The van der Waals surface area contributed by atoms with Crippen LogP contribution >= 0.6 is 27.5 Å². The molecule has 1 aromatic carbocycles. The van der Waals surface area contributed by atoms with Crippen LogP contribution in [0.5, 0.6) is 5.75 Å². The number of hydrogen-bond acceptors (Lipinski definition) is 2. The molecule has 0 radical (unpaired) electrons. The van der Waals surface area contributed by atoms with Crippen molar-refractivity contribution in [3.63, 3.8) is 0 Å². The predicted octanol–water partition coefficient (Wildman–Crippen LogP) is 3.61. The molecule has 0 spiro atoms. The maximum Gasteiger partial charge on any atom is 0.228 e. The van der Waals surface area contributed by atoms with Crippen molar-refractivity contribution >= 4 is 33.3 Å². The molecule has 82 valence electrons. The summed E-state index contributed by atoms with van der Waals surface area (Å²) in [6.07, 6.45) is 0. The first-order valence-corrected chi connectivity index (χ1v) is 5.52. The number of ketones is 1. The van der Waals surface area contributed by atoms with Crippen LogP contribution in [0, 0.1) is 0 Å². The summed E-state index contributed by atoms with van der Waals surface area (Å²) in [5, 5.41) is 0.284. The van der Waals surface area contributed by atoms with Gasteiger partial charge in [0.05, 0.1) is 9.85 Å². The van der Waals surface area contributed by atoms with Gasteiger partial charge >= 0.3 is 0 Å². The van der Waals surface area contributed by atoms with E-state index in [-0.39, 0.29) is 21.4 Å². The molecule has 0 bridgehead atoms. The van der Waals surface area contributed by atoms with E-state index in [1.807, 2.05) is 0 Å². The van der Waals surface area contributed by atoms with Gasteiger partial charge in [-0.25, -0.2) is 4.39 Å². The Morgan fingerprint density at radius 3 is 2.87 bits per heavy atom. The Bertz CT molecular complexity index is 368. The van der Waals surface area contributed by atoms with E-state index in [0.717, 1.165) is 0 Å². The molecule has 1 atom stereocenters.